The van der Waals surface area contributed by atoms with Gasteiger partial charge in [0, 0.05) is 15.5 Å². The number of fused-ring (bicyclic) bond motifs is 1. The second kappa shape index (κ2) is 10.1. The van der Waals surface area contributed by atoms with Gasteiger partial charge in [-0.3, -0.25) is 4.79 Å². The summed E-state index contributed by atoms with van der Waals surface area (Å²) >= 11 is 1.77. The fraction of sp³-hybridized carbons (Fsp3) is 0.259. The molecule has 37 heavy (non-hydrogen) atoms. The smallest absolute Gasteiger partial charge is 0.471 e. The van der Waals surface area contributed by atoms with Gasteiger partial charge >= 0.3 is 12.1 Å². The molecule has 0 radical (unpaired) electrons. The molecule has 3 aromatic carbocycles. The van der Waals surface area contributed by atoms with E-state index in [2.05, 4.69) is 5.10 Å². The average Bonchev–Trinajstić information content (AvgIpc) is 3.58. The van der Waals surface area contributed by atoms with Crippen molar-refractivity contribution >= 4 is 28.6 Å². The Morgan fingerprint density at radius 1 is 1.08 bits per heavy atom. The summed E-state index contributed by atoms with van der Waals surface area (Å²) in [5.74, 6) is -1.97. The summed E-state index contributed by atoms with van der Waals surface area (Å²) < 4.78 is 59.9. The average molecular weight is 530 g/mol. The number of ether oxygens (including phenoxy) is 1. The molecular formula is C27H23F4N3O2S. The molecule has 1 amide bonds. The first-order chi connectivity index (χ1) is 17.7. The molecule has 4 aromatic rings. The van der Waals surface area contributed by atoms with Gasteiger partial charge in [0.05, 0.1) is 23.4 Å². The van der Waals surface area contributed by atoms with Gasteiger partial charge in [0.2, 0.25) is 0 Å². The van der Waals surface area contributed by atoms with Crippen molar-refractivity contribution in [1.82, 2.24) is 15.1 Å². The van der Waals surface area contributed by atoms with Crippen LogP contribution in [0.25, 0.3) is 16.6 Å². The third-order valence-corrected chi connectivity index (χ3v) is 7.33. The molecule has 0 aliphatic heterocycles. The van der Waals surface area contributed by atoms with E-state index in [0.717, 1.165) is 15.8 Å². The number of nitrogens with zero attached hydrogens (tertiary/aromatic N) is 2. The number of hydrogen-bond donors (Lipinski definition) is 1. The minimum atomic E-state index is -5.00. The lowest BCUT2D eigenvalue weighted by molar-refractivity contribution is -0.174. The highest BCUT2D eigenvalue weighted by molar-refractivity contribution is 8.00. The van der Waals surface area contributed by atoms with Crippen LogP contribution < -0.4 is 10.1 Å². The van der Waals surface area contributed by atoms with Gasteiger partial charge in [-0.1, -0.05) is 12.1 Å². The molecule has 192 valence electrons. The molecule has 0 bridgehead atoms. The standard InChI is InChI=1S/C27H23F4N3O2S/c1-16(33-26(35)27(29,30)31)25(17-2-9-22(10-3-17)37-23-11-12-23)36-21-8-13-24-18(14-21)15-32-34(24)20-6-4-19(28)5-7-20/h2-10,13-16,23,25H,11-12H2,1H3,(H,33,35)/t16-,25?/m0/s1. The van der Waals surface area contributed by atoms with Gasteiger partial charge in [0.15, 0.2) is 0 Å². The van der Waals surface area contributed by atoms with Crippen molar-refractivity contribution in [1.29, 1.82) is 0 Å². The van der Waals surface area contributed by atoms with Crippen molar-refractivity contribution in [3.63, 3.8) is 0 Å². The third-order valence-electron chi connectivity index (χ3n) is 5.98. The maximum absolute atomic E-state index is 13.3. The van der Waals surface area contributed by atoms with Crippen molar-refractivity contribution in [3.8, 4) is 11.4 Å². The highest BCUT2D eigenvalue weighted by Gasteiger charge is 2.40. The molecule has 1 aliphatic carbocycles. The Bertz CT molecular complexity index is 1400. The van der Waals surface area contributed by atoms with E-state index >= 15 is 0 Å². The molecule has 0 spiro atoms. The monoisotopic (exact) mass is 529 g/mol. The van der Waals surface area contributed by atoms with Crippen LogP contribution in [0.5, 0.6) is 5.75 Å². The number of benzene rings is 3. The fourth-order valence-corrected chi connectivity index (χ4v) is 5.01. The van der Waals surface area contributed by atoms with Gasteiger partial charge in [-0.05, 0) is 79.9 Å². The number of amides is 1. The van der Waals surface area contributed by atoms with Gasteiger partial charge in [0.1, 0.15) is 17.7 Å². The molecule has 0 saturated heterocycles. The first-order valence-electron chi connectivity index (χ1n) is 11.7. The van der Waals surface area contributed by atoms with Crippen LogP contribution in [0, 0.1) is 5.82 Å². The third kappa shape index (κ3) is 5.90. The molecule has 1 aliphatic rings. The van der Waals surface area contributed by atoms with Crippen molar-refractivity contribution in [2.24, 2.45) is 0 Å². The van der Waals surface area contributed by atoms with Crippen LogP contribution in [0.15, 0.2) is 77.8 Å². The van der Waals surface area contributed by atoms with Crippen LogP contribution in [0.3, 0.4) is 0 Å². The molecule has 1 heterocycles. The van der Waals surface area contributed by atoms with Gasteiger partial charge in [-0.25, -0.2) is 9.07 Å². The van der Waals surface area contributed by atoms with Gasteiger partial charge in [0.25, 0.3) is 0 Å². The van der Waals surface area contributed by atoms with Crippen molar-refractivity contribution in [2.75, 3.05) is 0 Å². The van der Waals surface area contributed by atoms with E-state index in [1.54, 1.807) is 53.0 Å². The highest BCUT2D eigenvalue weighted by atomic mass is 32.2. The summed E-state index contributed by atoms with van der Waals surface area (Å²) in [5.41, 5.74) is 2.06. The lowest BCUT2D eigenvalue weighted by Gasteiger charge is -2.27. The van der Waals surface area contributed by atoms with Crippen LogP contribution >= 0.6 is 11.8 Å². The quantitative estimate of drug-likeness (QED) is 0.261. The predicted molar refractivity (Wildman–Crippen MR) is 133 cm³/mol. The number of aromatic nitrogens is 2. The Kier molecular flexibility index (Phi) is 6.85. The van der Waals surface area contributed by atoms with Gasteiger partial charge in [-0.15, -0.1) is 11.8 Å². The Morgan fingerprint density at radius 2 is 1.78 bits per heavy atom. The molecule has 1 N–H and O–H groups in total. The number of rotatable bonds is 8. The van der Waals surface area contributed by atoms with E-state index in [9.17, 15) is 22.4 Å². The lowest BCUT2D eigenvalue weighted by atomic mass is 10.0. The summed E-state index contributed by atoms with van der Waals surface area (Å²) in [7, 11) is 0. The summed E-state index contributed by atoms with van der Waals surface area (Å²) in [6, 6.07) is 17.6. The van der Waals surface area contributed by atoms with Gasteiger partial charge in [-0.2, -0.15) is 18.3 Å². The number of carbonyl (C=O) groups is 1. The first-order valence-corrected chi connectivity index (χ1v) is 12.6. The highest BCUT2D eigenvalue weighted by Crippen LogP contribution is 2.39. The number of carbonyl (C=O) groups excluding carboxylic acids is 1. The maximum atomic E-state index is 13.3. The largest absolute Gasteiger partial charge is 0.484 e. The van der Waals surface area contributed by atoms with Crippen LogP contribution in [-0.2, 0) is 4.79 Å². The Hall–Kier alpha value is -3.53. The van der Waals surface area contributed by atoms with E-state index < -0.39 is 24.2 Å². The minimum Gasteiger partial charge on any atom is -0.484 e. The molecule has 1 saturated carbocycles. The van der Waals surface area contributed by atoms with Crippen molar-refractivity contribution in [2.45, 2.75) is 48.2 Å². The predicted octanol–water partition coefficient (Wildman–Crippen LogP) is 6.61. The minimum absolute atomic E-state index is 0.354. The van der Waals surface area contributed by atoms with E-state index in [-0.39, 0.29) is 5.82 Å². The number of halogens is 4. The van der Waals surface area contributed by atoms with Crippen molar-refractivity contribution < 1.29 is 27.1 Å². The number of hydrogen-bond acceptors (Lipinski definition) is 4. The Labute approximate surface area is 214 Å². The van der Waals surface area contributed by atoms with Crippen molar-refractivity contribution in [3.05, 3.63) is 84.3 Å². The molecule has 1 unspecified atom stereocenters. The summed E-state index contributed by atoms with van der Waals surface area (Å²) in [5, 5.41) is 7.73. The number of nitrogens with one attached hydrogen (secondary N) is 1. The Morgan fingerprint density at radius 3 is 2.43 bits per heavy atom. The summed E-state index contributed by atoms with van der Waals surface area (Å²) in [4.78, 5) is 12.7. The molecule has 5 nitrogen and oxygen atoms in total. The van der Waals surface area contributed by atoms with E-state index in [4.69, 9.17) is 4.74 Å². The topological polar surface area (TPSA) is 56.1 Å². The maximum Gasteiger partial charge on any atom is 0.471 e. The van der Waals surface area contributed by atoms with E-state index in [1.165, 1.54) is 31.9 Å². The Balaban J connectivity index is 1.41. The zero-order chi connectivity index (χ0) is 26.2. The molecule has 1 aromatic heterocycles. The van der Waals surface area contributed by atoms with Crippen LogP contribution in [0.4, 0.5) is 17.6 Å². The molecule has 2 atom stereocenters. The molecular weight excluding hydrogens is 506 g/mol. The second-order valence-corrected chi connectivity index (χ2v) is 10.3. The molecule has 5 rings (SSSR count). The molecule has 1 fully saturated rings. The van der Waals surface area contributed by atoms with E-state index in [1.807, 2.05) is 29.6 Å². The van der Waals surface area contributed by atoms with Crippen LogP contribution in [0.2, 0.25) is 0 Å². The fourth-order valence-electron chi connectivity index (χ4n) is 3.96. The zero-order valence-electron chi connectivity index (χ0n) is 19.7. The van der Waals surface area contributed by atoms with Crippen LogP contribution in [0.1, 0.15) is 31.4 Å². The second-order valence-electron chi connectivity index (χ2n) is 8.94. The van der Waals surface area contributed by atoms with E-state index in [0.29, 0.717) is 22.3 Å². The SMILES string of the molecule is C[C@H](NC(=O)C(F)(F)F)C(Oc1ccc2c(cnn2-c2ccc(F)cc2)c1)c1ccc(SC2CC2)cc1. The number of alkyl halides is 3. The first kappa shape index (κ1) is 25.1. The lowest BCUT2D eigenvalue weighted by Crippen LogP contribution is -2.45. The van der Waals surface area contributed by atoms with Crippen LogP contribution in [-0.4, -0.2) is 33.2 Å². The summed E-state index contributed by atoms with van der Waals surface area (Å²) in [6.45, 7) is 1.48. The number of thioether (sulfide) groups is 1. The van der Waals surface area contributed by atoms with Gasteiger partial charge < -0.3 is 10.1 Å². The normalized spacial score (nSPS) is 15.4. The zero-order valence-corrected chi connectivity index (χ0v) is 20.5. The molecule has 10 heteroatoms. The summed E-state index contributed by atoms with van der Waals surface area (Å²) in [6.07, 6.45) is -1.90.